The number of benzene rings is 1. The molecule has 29 heavy (non-hydrogen) atoms. The Morgan fingerprint density at radius 3 is 2.69 bits per heavy atom. The molecular weight excluding hydrogens is 388 g/mol. The van der Waals surface area contributed by atoms with Crippen LogP contribution >= 0.6 is 11.3 Å². The number of amides is 1. The number of hydrogen-bond donors (Lipinski definition) is 2. The molecule has 0 radical (unpaired) electrons. The average Bonchev–Trinajstić information content (AvgIpc) is 3.39. The molecule has 3 aromatic heterocycles. The predicted octanol–water partition coefficient (Wildman–Crippen LogP) is 1.32. The summed E-state index contributed by atoms with van der Waals surface area (Å²) in [6.45, 7) is 1.63. The van der Waals surface area contributed by atoms with Crippen LogP contribution in [0.4, 0.5) is 0 Å². The summed E-state index contributed by atoms with van der Waals surface area (Å²) in [4.78, 5) is 31.7. The number of aromatic nitrogens is 2. The largest absolute Gasteiger partial charge is 0.463 e. The van der Waals surface area contributed by atoms with Crippen LogP contribution in [0.25, 0.3) is 10.9 Å². The molecule has 0 aliphatic rings. The van der Waals surface area contributed by atoms with Crippen LogP contribution in [0.3, 0.4) is 0 Å². The van der Waals surface area contributed by atoms with Gasteiger partial charge in [-0.1, -0.05) is 18.2 Å². The van der Waals surface area contributed by atoms with Gasteiger partial charge >= 0.3 is 0 Å². The molecule has 7 nitrogen and oxygen atoms in total. The van der Waals surface area contributed by atoms with E-state index >= 15 is 0 Å². The maximum Gasteiger partial charge on any atom is 0.262 e. The molecule has 0 aliphatic heterocycles. The lowest BCUT2D eigenvalue weighted by Gasteiger charge is -2.20. The monoisotopic (exact) mass is 409 g/mol. The molecule has 1 atom stereocenters. The fraction of sp³-hybridized carbons (Fsp3) is 0.190. The van der Waals surface area contributed by atoms with Crippen LogP contribution in [0.15, 0.2) is 69.4 Å². The molecule has 0 bridgehead atoms. The average molecular weight is 409 g/mol. The van der Waals surface area contributed by atoms with E-state index in [1.165, 1.54) is 9.44 Å². The number of rotatable bonds is 8. The molecule has 148 valence electrons. The normalized spacial score (nSPS) is 12.3. The molecule has 4 rings (SSSR count). The Bertz CT molecular complexity index is 1130. The van der Waals surface area contributed by atoms with Crippen molar-refractivity contribution in [1.29, 1.82) is 0 Å². The number of carbonyl (C=O) groups is 1. The molecule has 0 saturated heterocycles. The van der Waals surface area contributed by atoms with Gasteiger partial charge in [0.2, 0.25) is 5.91 Å². The summed E-state index contributed by atoms with van der Waals surface area (Å²) in [6.07, 6.45) is 1.65. The second kappa shape index (κ2) is 8.42. The maximum absolute atomic E-state index is 13.0. The van der Waals surface area contributed by atoms with Crippen LogP contribution in [0.2, 0.25) is 0 Å². The van der Waals surface area contributed by atoms with Gasteiger partial charge in [-0.25, -0.2) is 4.98 Å². The van der Waals surface area contributed by atoms with E-state index in [2.05, 4.69) is 6.07 Å². The van der Waals surface area contributed by atoms with E-state index in [1.807, 2.05) is 29.6 Å². The van der Waals surface area contributed by atoms with Gasteiger partial charge in [0, 0.05) is 0 Å². The van der Waals surface area contributed by atoms with Crippen LogP contribution in [-0.4, -0.2) is 15.5 Å². The van der Waals surface area contributed by atoms with Gasteiger partial charge < -0.3 is 15.1 Å². The second-order valence-electron chi connectivity index (χ2n) is 6.84. The van der Waals surface area contributed by atoms with E-state index in [4.69, 9.17) is 15.1 Å². The number of nitrogens with one attached hydrogen (secondary N) is 1. The lowest BCUT2D eigenvalue weighted by Crippen LogP contribution is -3.08. The van der Waals surface area contributed by atoms with Crippen molar-refractivity contribution in [2.75, 3.05) is 0 Å². The van der Waals surface area contributed by atoms with E-state index in [9.17, 15) is 9.59 Å². The zero-order chi connectivity index (χ0) is 20.2. The summed E-state index contributed by atoms with van der Waals surface area (Å²) in [5.41, 5.74) is 5.77. The number of carbonyl (C=O) groups excluding carboxylic acids is 1. The third-order valence-electron chi connectivity index (χ3n) is 4.67. The number of fused-ring (bicyclic) bond motifs is 1. The number of hydrogen-bond acceptors (Lipinski definition) is 5. The van der Waals surface area contributed by atoms with Gasteiger partial charge in [-0.05, 0) is 35.7 Å². The predicted molar refractivity (Wildman–Crippen MR) is 110 cm³/mol. The molecule has 4 aromatic rings. The van der Waals surface area contributed by atoms with Crippen molar-refractivity contribution in [1.82, 2.24) is 9.55 Å². The van der Waals surface area contributed by atoms with Crippen molar-refractivity contribution >= 4 is 28.1 Å². The van der Waals surface area contributed by atoms with Gasteiger partial charge in [0.25, 0.3) is 5.56 Å². The van der Waals surface area contributed by atoms with Crippen molar-refractivity contribution in [2.24, 2.45) is 5.73 Å². The van der Waals surface area contributed by atoms with Gasteiger partial charge in [0.15, 0.2) is 11.6 Å². The van der Waals surface area contributed by atoms with Crippen molar-refractivity contribution in [3.8, 4) is 0 Å². The number of nitrogens with zero attached hydrogens (tertiary/aromatic N) is 2. The summed E-state index contributed by atoms with van der Waals surface area (Å²) in [7, 11) is 0. The van der Waals surface area contributed by atoms with Crippen LogP contribution in [-0.2, 0) is 31.0 Å². The van der Waals surface area contributed by atoms with E-state index in [0.29, 0.717) is 29.8 Å². The highest BCUT2D eigenvalue weighted by Gasteiger charge is 2.20. The molecule has 0 fully saturated rings. The minimum atomic E-state index is -0.573. The van der Waals surface area contributed by atoms with Gasteiger partial charge in [0.05, 0.1) is 22.0 Å². The van der Waals surface area contributed by atoms with E-state index in [0.717, 1.165) is 17.2 Å². The van der Waals surface area contributed by atoms with Gasteiger partial charge in [0.1, 0.15) is 26.2 Å². The first-order valence-electron chi connectivity index (χ1n) is 9.25. The van der Waals surface area contributed by atoms with Crippen LogP contribution in [0.1, 0.15) is 16.5 Å². The summed E-state index contributed by atoms with van der Waals surface area (Å²) < 4.78 is 6.92. The SMILES string of the molecule is NC(=O)Cn1c(C[NH+](Cc2ccco2)Cc2cccs2)nc2ccccc2c1=O. The maximum atomic E-state index is 13.0. The Hall–Kier alpha value is -3.23. The Labute approximate surface area is 171 Å². The third-order valence-corrected chi connectivity index (χ3v) is 5.55. The van der Waals surface area contributed by atoms with Crippen molar-refractivity contribution in [3.05, 3.63) is 87.0 Å². The highest BCUT2D eigenvalue weighted by molar-refractivity contribution is 7.09. The fourth-order valence-corrected chi connectivity index (χ4v) is 4.17. The molecular formula is C21H21N4O3S+. The topological polar surface area (TPSA) is 95.6 Å². The lowest BCUT2D eigenvalue weighted by atomic mass is 10.2. The Morgan fingerprint density at radius 2 is 1.97 bits per heavy atom. The summed E-state index contributed by atoms with van der Waals surface area (Å²) in [6, 6.07) is 15.0. The van der Waals surface area contributed by atoms with Crippen LogP contribution < -0.4 is 16.2 Å². The van der Waals surface area contributed by atoms with E-state index in [1.54, 1.807) is 35.8 Å². The Morgan fingerprint density at radius 1 is 1.10 bits per heavy atom. The van der Waals surface area contributed by atoms with E-state index < -0.39 is 5.91 Å². The number of primary amides is 1. The zero-order valence-electron chi connectivity index (χ0n) is 15.7. The van der Waals surface area contributed by atoms with Crippen molar-refractivity contribution in [3.63, 3.8) is 0 Å². The van der Waals surface area contributed by atoms with Crippen LogP contribution in [0.5, 0.6) is 0 Å². The first-order valence-corrected chi connectivity index (χ1v) is 10.1. The van der Waals surface area contributed by atoms with Crippen LogP contribution in [0, 0.1) is 0 Å². The molecule has 3 heterocycles. The molecule has 1 unspecified atom stereocenters. The minimum Gasteiger partial charge on any atom is -0.463 e. The highest BCUT2D eigenvalue weighted by atomic mass is 32.1. The number of furan rings is 1. The quantitative estimate of drug-likeness (QED) is 0.459. The molecule has 1 amide bonds. The second-order valence-corrected chi connectivity index (χ2v) is 7.87. The Kier molecular flexibility index (Phi) is 5.55. The lowest BCUT2D eigenvalue weighted by molar-refractivity contribution is -0.942. The van der Waals surface area contributed by atoms with Gasteiger partial charge in [-0.2, -0.15) is 0 Å². The molecule has 0 saturated carbocycles. The summed E-state index contributed by atoms with van der Waals surface area (Å²) in [5.74, 6) is 0.808. The molecule has 0 spiro atoms. The summed E-state index contributed by atoms with van der Waals surface area (Å²) in [5, 5.41) is 2.51. The molecule has 8 heteroatoms. The molecule has 3 N–H and O–H groups in total. The first-order chi connectivity index (χ1) is 14.1. The molecule has 1 aromatic carbocycles. The fourth-order valence-electron chi connectivity index (χ4n) is 3.40. The standard InChI is InChI=1S/C21H20N4O3S/c22-19(26)13-25-20(23-18-8-2-1-7-17(18)21(25)27)14-24(11-15-5-3-9-28-15)12-16-6-4-10-29-16/h1-10H,11-14H2,(H2,22,26)/p+1. The third kappa shape index (κ3) is 4.44. The summed E-state index contributed by atoms with van der Waals surface area (Å²) >= 11 is 1.68. The van der Waals surface area contributed by atoms with E-state index in [-0.39, 0.29) is 12.1 Å². The number of para-hydroxylation sites is 1. The zero-order valence-corrected chi connectivity index (χ0v) is 16.5. The Balaban J connectivity index is 1.73. The minimum absolute atomic E-state index is 0.195. The smallest absolute Gasteiger partial charge is 0.262 e. The van der Waals surface area contributed by atoms with Crippen molar-refractivity contribution in [2.45, 2.75) is 26.2 Å². The number of quaternary nitrogens is 1. The molecule has 0 aliphatic carbocycles. The number of nitrogens with two attached hydrogens (primary N) is 1. The number of thiophene rings is 1. The highest BCUT2D eigenvalue weighted by Crippen LogP contribution is 2.09. The van der Waals surface area contributed by atoms with Gasteiger partial charge in [-0.15, -0.1) is 11.3 Å². The van der Waals surface area contributed by atoms with Gasteiger partial charge in [-0.3, -0.25) is 14.2 Å². The first kappa shape index (κ1) is 19.1. The van der Waals surface area contributed by atoms with Crippen molar-refractivity contribution < 1.29 is 14.1 Å².